The van der Waals surface area contributed by atoms with Crippen LogP contribution < -0.4 is 19.7 Å². The van der Waals surface area contributed by atoms with Crippen molar-refractivity contribution in [2.24, 2.45) is 0 Å². The Morgan fingerprint density at radius 3 is 3.04 bits per heavy atom. The first kappa shape index (κ1) is 16.9. The molecule has 0 spiro atoms. The third-order valence-electron chi connectivity index (χ3n) is 5.24. The van der Waals surface area contributed by atoms with Crippen molar-refractivity contribution in [2.45, 2.75) is 25.8 Å². The van der Waals surface area contributed by atoms with Crippen molar-refractivity contribution in [3.8, 4) is 17.2 Å². The maximum Gasteiger partial charge on any atom is 0.229 e. The van der Waals surface area contributed by atoms with Crippen LogP contribution in [0.3, 0.4) is 0 Å². The van der Waals surface area contributed by atoms with Crippen LogP contribution in [0.1, 0.15) is 18.5 Å². The van der Waals surface area contributed by atoms with Gasteiger partial charge in [-0.2, -0.15) is 4.98 Å². The smallest absolute Gasteiger partial charge is 0.229 e. The third-order valence-corrected chi connectivity index (χ3v) is 5.24. The molecule has 28 heavy (non-hydrogen) atoms. The molecule has 144 valence electrons. The molecule has 0 aliphatic carbocycles. The molecule has 4 heterocycles. The van der Waals surface area contributed by atoms with Crippen molar-refractivity contribution in [1.29, 1.82) is 0 Å². The SMILES string of the molecule is COc1cc(Nc2ncc3c(n2)N2CCC[C@@H]2CO3)ccc1-n1cnc(C)c1. The van der Waals surface area contributed by atoms with E-state index in [0.29, 0.717) is 12.0 Å². The zero-order valence-electron chi connectivity index (χ0n) is 15.9. The average Bonchev–Trinajstić information content (AvgIpc) is 3.37. The topological polar surface area (TPSA) is 77.3 Å². The van der Waals surface area contributed by atoms with E-state index in [1.807, 2.05) is 35.9 Å². The summed E-state index contributed by atoms with van der Waals surface area (Å²) in [5, 5.41) is 3.28. The van der Waals surface area contributed by atoms with Gasteiger partial charge in [-0.15, -0.1) is 0 Å². The Hall–Kier alpha value is -3.29. The van der Waals surface area contributed by atoms with Gasteiger partial charge < -0.3 is 24.3 Å². The Labute approximate surface area is 163 Å². The summed E-state index contributed by atoms with van der Waals surface area (Å²) in [6.45, 7) is 3.70. The molecule has 8 heteroatoms. The Bertz CT molecular complexity index is 1020. The average molecular weight is 378 g/mol. The fourth-order valence-electron chi connectivity index (χ4n) is 3.85. The second-order valence-electron chi connectivity index (χ2n) is 7.12. The number of nitrogens with zero attached hydrogens (tertiary/aromatic N) is 5. The van der Waals surface area contributed by atoms with E-state index in [0.717, 1.165) is 54.0 Å². The van der Waals surface area contributed by atoms with E-state index in [9.17, 15) is 0 Å². The summed E-state index contributed by atoms with van der Waals surface area (Å²) in [4.78, 5) is 15.7. The van der Waals surface area contributed by atoms with Crippen molar-refractivity contribution >= 4 is 17.5 Å². The van der Waals surface area contributed by atoms with Crippen molar-refractivity contribution < 1.29 is 9.47 Å². The summed E-state index contributed by atoms with van der Waals surface area (Å²) in [5.41, 5.74) is 2.73. The zero-order chi connectivity index (χ0) is 19.1. The van der Waals surface area contributed by atoms with Gasteiger partial charge in [0.1, 0.15) is 12.4 Å². The van der Waals surface area contributed by atoms with Gasteiger partial charge in [0.25, 0.3) is 0 Å². The van der Waals surface area contributed by atoms with Crippen molar-refractivity contribution in [3.05, 3.63) is 42.6 Å². The van der Waals surface area contributed by atoms with Crippen LogP contribution in [-0.4, -0.2) is 45.8 Å². The monoisotopic (exact) mass is 378 g/mol. The quantitative estimate of drug-likeness (QED) is 0.747. The van der Waals surface area contributed by atoms with E-state index < -0.39 is 0 Å². The van der Waals surface area contributed by atoms with Gasteiger partial charge in [-0.1, -0.05) is 0 Å². The minimum atomic E-state index is 0.424. The molecule has 0 radical (unpaired) electrons. The van der Waals surface area contributed by atoms with E-state index in [1.54, 1.807) is 19.6 Å². The molecular formula is C20H22N6O2. The summed E-state index contributed by atoms with van der Waals surface area (Å²) in [5.74, 6) is 2.92. The number of hydrogen-bond acceptors (Lipinski definition) is 7. The van der Waals surface area contributed by atoms with Gasteiger partial charge >= 0.3 is 0 Å². The summed E-state index contributed by atoms with van der Waals surface area (Å²) in [6.07, 6.45) is 7.81. The van der Waals surface area contributed by atoms with E-state index in [2.05, 4.69) is 20.2 Å². The Morgan fingerprint density at radius 2 is 2.21 bits per heavy atom. The van der Waals surface area contributed by atoms with Crippen molar-refractivity contribution in [2.75, 3.05) is 30.5 Å². The maximum absolute atomic E-state index is 5.82. The normalized spacial score (nSPS) is 17.6. The molecule has 1 fully saturated rings. The summed E-state index contributed by atoms with van der Waals surface area (Å²) < 4.78 is 13.3. The van der Waals surface area contributed by atoms with Crippen LogP contribution in [-0.2, 0) is 0 Å². The number of imidazole rings is 1. The van der Waals surface area contributed by atoms with E-state index in [4.69, 9.17) is 14.5 Å². The largest absolute Gasteiger partial charge is 0.494 e. The molecule has 1 saturated heterocycles. The molecule has 0 bridgehead atoms. The number of aromatic nitrogens is 4. The molecule has 3 aromatic rings. The van der Waals surface area contributed by atoms with Gasteiger partial charge in [0, 0.05) is 24.5 Å². The van der Waals surface area contributed by atoms with E-state index in [-0.39, 0.29) is 0 Å². The highest BCUT2D eigenvalue weighted by Gasteiger charge is 2.33. The first-order valence-electron chi connectivity index (χ1n) is 9.44. The van der Waals surface area contributed by atoms with Crippen LogP contribution >= 0.6 is 0 Å². The minimum Gasteiger partial charge on any atom is -0.494 e. The number of nitrogens with one attached hydrogen (secondary N) is 1. The predicted octanol–water partition coefficient (Wildman–Crippen LogP) is 3.08. The molecule has 2 aliphatic heterocycles. The summed E-state index contributed by atoms with van der Waals surface area (Å²) in [6, 6.07) is 6.32. The van der Waals surface area contributed by atoms with Crippen LogP contribution in [0.4, 0.5) is 17.5 Å². The molecule has 0 unspecified atom stereocenters. The van der Waals surface area contributed by atoms with Gasteiger partial charge in [0.05, 0.1) is 37.1 Å². The molecule has 1 aromatic carbocycles. The number of fused-ring (bicyclic) bond motifs is 3. The molecule has 5 rings (SSSR count). The lowest BCUT2D eigenvalue weighted by atomic mass is 10.2. The van der Waals surface area contributed by atoms with Crippen LogP contribution in [0.15, 0.2) is 36.9 Å². The minimum absolute atomic E-state index is 0.424. The lowest BCUT2D eigenvalue weighted by molar-refractivity contribution is 0.268. The molecule has 1 N–H and O–H groups in total. The number of rotatable bonds is 4. The second kappa shape index (κ2) is 6.70. The standard InChI is InChI=1S/C20H22N6O2/c1-13-10-25(12-22-13)16-6-5-14(8-17(16)27-2)23-20-21-9-18-19(24-20)26-7-3-4-15(26)11-28-18/h5-6,8-10,12,15H,3-4,7,11H2,1-2H3,(H,21,23,24)/t15-/m1/s1. The Morgan fingerprint density at radius 1 is 1.29 bits per heavy atom. The summed E-state index contributed by atoms with van der Waals surface area (Å²) in [7, 11) is 1.66. The van der Waals surface area contributed by atoms with Crippen molar-refractivity contribution in [3.63, 3.8) is 0 Å². The first-order chi connectivity index (χ1) is 13.7. The number of aryl methyl sites for hydroxylation is 1. The molecule has 0 amide bonds. The number of anilines is 3. The first-order valence-corrected chi connectivity index (χ1v) is 9.44. The van der Waals surface area contributed by atoms with Gasteiger partial charge in [-0.05, 0) is 31.9 Å². The van der Waals surface area contributed by atoms with Crippen LogP contribution in [0.5, 0.6) is 11.5 Å². The molecule has 0 saturated carbocycles. The molecular weight excluding hydrogens is 356 g/mol. The van der Waals surface area contributed by atoms with Crippen LogP contribution in [0.2, 0.25) is 0 Å². The highest BCUT2D eigenvalue weighted by Crippen LogP contribution is 2.37. The zero-order valence-corrected chi connectivity index (χ0v) is 15.9. The van der Waals surface area contributed by atoms with Crippen LogP contribution in [0, 0.1) is 6.92 Å². The van der Waals surface area contributed by atoms with E-state index >= 15 is 0 Å². The predicted molar refractivity (Wildman–Crippen MR) is 106 cm³/mol. The lowest BCUT2D eigenvalue weighted by Crippen LogP contribution is -2.38. The van der Waals surface area contributed by atoms with Crippen molar-refractivity contribution in [1.82, 2.24) is 19.5 Å². The van der Waals surface area contributed by atoms with Crippen LogP contribution in [0.25, 0.3) is 5.69 Å². The maximum atomic E-state index is 5.82. The number of ether oxygens (including phenoxy) is 2. The molecule has 1 atom stereocenters. The number of methoxy groups -OCH3 is 1. The van der Waals surface area contributed by atoms with Gasteiger partial charge in [0.2, 0.25) is 5.95 Å². The fourth-order valence-corrected chi connectivity index (χ4v) is 3.85. The molecule has 2 aliphatic rings. The van der Waals surface area contributed by atoms with Gasteiger partial charge in [-0.25, -0.2) is 9.97 Å². The van der Waals surface area contributed by atoms with Gasteiger partial charge in [0.15, 0.2) is 11.6 Å². The molecule has 8 nitrogen and oxygen atoms in total. The second-order valence-corrected chi connectivity index (χ2v) is 7.12. The number of benzene rings is 1. The third kappa shape index (κ3) is 2.90. The highest BCUT2D eigenvalue weighted by atomic mass is 16.5. The summed E-state index contributed by atoms with van der Waals surface area (Å²) >= 11 is 0. The Balaban J connectivity index is 1.43. The Kier molecular flexibility index (Phi) is 4.03. The number of hydrogen-bond donors (Lipinski definition) is 1. The molecule has 2 aromatic heterocycles. The highest BCUT2D eigenvalue weighted by molar-refractivity contribution is 5.64. The van der Waals surface area contributed by atoms with Gasteiger partial charge in [-0.3, -0.25) is 0 Å². The fraction of sp³-hybridized carbons (Fsp3) is 0.350. The van der Waals surface area contributed by atoms with E-state index in [1.165, 1.54) is 6.42 Å². The lowest BCUT2D eigenvalue weighted by Gasteiger charge is -2.32.